The highest BCUT2D eigenvalue weighted by Crippen LogP contribution is 2.51. The fraction of sp³-hybridized carbons (Fsp3) is 0.296. The average molecular weight is 502 g/mol. The van der Waals surface area contributed by atoms with E-state index in [9.17, 15) is 9.59 Å². The number of hydrogen-bond donors (Lipinski definition) is 3. The van der Waals surface area contributed by atoms with Gasteiger partial charge >= 0.3 is 6.03 Å². The summed E-state index contributed by atoms with van der Waals surface area (Å²) in [7, 11) is 0. The zero-order chi connectivity index (χ0) is 24.6. The minimum atomic E-state index is -0.454. The summed E-state index contributed by atoms with van der Waals surface area (Å²) in [6.07, 6.45) is 3.70. The number of aryl methyl sites for hydroxylation is 1. The Morgan fingerprint density at radius 2 is 2.00 bits per heavy atom. The van der Waals surface area contributed by atoms with Crippen LogP contribution in [0.5, 0.6) is 11.5 Å². The van der Waals surface area contributed by atoms with Crippen LogP contribution in [0.4, 0.5) is 16.2 Å². The van der Waals surface area contributed by atoms with Crippen molar-refractivity contribution in [3.8, 4) is 11.5 Å². The third kappa shape index (κ3) is 4.18. The molecule has 1 aromatic heterocycles. The lowest BCUT2D eigenvalue weighted by Crippen LogP contribution is -2.52. The summed E-state index contributed by atoms with van der Waals surface area (Å²) in [6, 6.07) is 16.5. The van der Waals surface area contributed by atoms with Crippen molar-refractivity contribution in [1.82, 2.24) is 20.9 Å². The van der Waals surface area contributed by atoms with Gasteiger partial charge in [-0.25, -0.2) is 9.78 Å². The number of carbonyl (C=O) groups excluding carboxylic acids is 2. The second kappa shape index (κ2) is 9.48. The Labute approximate surface area is 213 Å². The van der Waals surface area contributed by atoms with E-state index in [1.54, 1.807) is 11.1 Å². The van der Waals surface area contributed by atoms with Crippen molar-refractivity contribution in [1.29, 1.82) is 0 Å². The molecule has 4 heterocycles. The smallest absolute Gasteiger partial charge is 0.327 e. The molecule has 3 aliphatic rings. The third-order valence-corrected chi connectivity index (χ3v) is 8.08. The van der Waals surface area contributed by atoms with E-state index in [2.05, 4.69) is 20.9 Å². The molecule has 184 valence electrons. The summed E-state index contributed by atoms with van der Waals surface area (Å²) in [5.41, 5.74) is 3.31. The topological polar surface area (TPSA) is 95.6 Å². The minimum absolute atomic E-state index is 0.0602. The first kappa shape index (κ1) is 22.9. The Morgan fingerprint density at radius 3 is 2.78 bits per heavy atom. The van der Waals surface area contributed by atoms with Gasteiger partial charge in [-0.05, 0) is 68.3 Å². The van der Waals surface area contributed by atoms with Gasteiger partial charge in [0.05, 0.1) is 17.4 Å². The maximum absolute atomic E-state index is 13.4. The lowest BCUT2D eigenvalue weighted by atomic mass is 9.99. The first-order chi connectivity index (χ1) is 17.6. The maximum Gasteiger partial charge on any atom is 0.327 e. The number of urea groups is 1. The zero-order valence-corrected chi connectivity index (χ0v) is 20.7. The predicted molar refractivity (Wildman–Crippen MR) is 139 cm³/mol. The van der Waals surface area contributed by atoms with Crippen molar-refractivity contribution in [2.45, 2.75) is 42.1 Å². The molecule has 0 bridgehead atoms. The highest BCUT2D eigenvalue weighted by Gasteiger charge is 2.47. The van der Waals surface area contributed by atoms with Crippen LogP contribution in [-0.2, 0) is 4.79 Å². The van der Waals surface area contributed by atoms with Crippen molar-refractivity contribution in [3.05, 3.63) is 71.9 Å². The van der Waals surface area contributed by atoms with Crippen LogP contribution in [-0.4, -0.2) is 41.3 Å². The molecule has 3 atom stereocenters. The van der Waals surface area contributed by atoms with Gasteiger partial charge in [-0.1, -0.05) is 30.0 Å². The number of para-hydroxylation sites is 1. The molecule has 1 saturated heterocycles. The van der Waals surface area contributed by atoms with Crippen LogP contribution in [0.2, 0.25) is 0 Å². The number of amides is 3. The van der Waals surface area contributed by atoms with Gasteiger partial charge in [0.1, 0.15) is 21.8 Å². The summed E-state index contributed by atoms with van der Waals surface area (Å²) >= 11 is 1.42. The van der Waals surface area contributed by atoms with Crippen LogP contribution >= 0.6 is 11.8 Å². The van der Waals surface area contributed by atoms with Crippen LogP contribution < -0.4 is 25.6 Å². The average Bonchev–Trinajstić information content (AvgIpc) is 3.26. The molecule has 3 aromatic rings. The van der Waals surface area contributed by atoms with E-state index >= 15 is 0 Å². The number of thioether (sulfide) groups is 1. The van der Waals surface area contributed by atoms with E-state index < -0.39 is 11.3 Å². The molecule has 6 rings (SSSR count). The molecule has 3 N–H and O–H groups in total. The number of ether oxygens (including phenoxy) is 1. The molecule has 36 heavy (non-hydrogen) atoms. The SMILES string of the molecule is Cc1cc(Oc2ccccc2)ccc1N1C(=O)NC2c3c1ccnc3S[C@@H]2C(=O)NC1CCCNC1. The normalized spacial score (nSPS) is 22.5. The Kier molecular flexibility index (Phi) is 6.02. The van der Waals surface area contributed by atoms with Crippen LogP contribution in [0.25, 0.3) is 0 Å². The second-order valence-corrected chi connectivity index (χ2v) is 10.4. The van der Waals surface area contributed by atoms with Crippen molar-refractivity contribution in [3.63, 3.8) is 0 Å². The second-order valence-electron chi connectivity index (χ2n) is 9.27. The molecule has 0 aliphatic carbocycles. The lowest BCUT2D eigenvalue weighted by Gasteiger charge is -2.35. The monoisotopic (exact) mass is 501 g/mol. The van der Waals surface area contributed by atoms with E-state index in [1.807, 2.05) is 61.5 Å². The van der Waals surface area contributed by atoms with E-state index in [0.29, 0.717) is 5.75 Å². The minimum Gasteiger partial charge on any atom is -0.457 e. The molecule has 3 aliphatic heterocycles. The van der Waals surface area contributed by atoms with Gasteiger partial charge in [-0.3, -0.25) is 9.69 Å². The third-order valence-electron chi connectivity index (χ3n) is 6.80. The van der Waals surface area contributed by atoms with E-state index in [1.165, 1.54) is 11.8 Å². The summed E-state index contributed by atoms with van der Waals surface area (Å²) in [6.45, 7) is 3.71. The van der Waals surface area contributed by atoms with Crippen LogP contribution in [0.15, 0.2) is 65.8 Å². The number of nitrogens with one attached hydrogen (secondary N) is 3. The summed E-state index contributed by atoms with van der Waals surface area (Å²) < 4.78 is 5.97. The molecule has 2 aromatic carbocycles. The van der Waals surface area contributed by atoms with Gasteiger partial charge in [-0.15, -0.1) is 0 Å². The molecule has 0 saturated carbocycles. The number of aromatic nitrogens is 1. The summed E-state index contributed by atoms with van der Waals surface area (Å²) in [5, 5.41) is 9.92. The maximum atomic E-state index is 13.4. The van der Waals surface area contributed by atoms with Gasteiger partial charge in [-0.2, -0.15) is 0 Å². The zero-order valence-electron chi connectivity index (χ0n) is 19.9. The van der Waals surface area contributed by atoms with Crippen molar-refractivity contribution >= 4 is 35.1 Å². The molecule has 1 fully saturated rings. The van der Waals surface area contributed by atoms with Gasteiger partial charge in [0.15, 0.2) is 0 Å². The largest absolute Gasteiger partial charge is 0.457 e. The van der Waals surface area contributed by atoms with E-state index in [-0.39, 0.29) is 18.0 Å². The number of nitrogens with zero attached hydrogens (tertiary/aromatic N) is 2. The van der Waals surface area contributed by atoms with E-state index in [0.717, 1.165) is 59.2 Å². The van der Waals surface area contributed by atoms with Gasteiger partial charge in [0.2, 0.25) is 5.91 Å². The fourth-order valence-corrected chi connectivity index (χ4v) is 6.33. The van der Waals surface area contributed by atoms with Gasteiger partial charge < -0.3 is 20.7 Å². The number of pyridine rings is 1. The van der Waals surface area contributed by atoms with Crippen molar-refractivity contribution < 1.29 is 14.3 Å². The standard InChI is InChI=1S/C27H27N5O3S/c1-16-14-19(35-18-7-3-2-4-8-18)9-10-20(16)32-21-11-13-29-26-22(21)23(31-27(32)34)24(36-26)25(33)30-17-6-5-12-28-15-17/h2-4,7-11,13-14,17,23-24,28H,5-6,12,15H2,1H3,(H,30,33)(H,31,34)/t17?,23?,24-/m0/s1. The number of hydrogen-bond acceptors (Lipinski definition) is 6. The quantitative estimate of drug-likeness (QED) is 0.479. The number of benzene rings is 2. The summed E-state index contributed by atoms with van der Waals surface area (Å²) in [4.78, 5) is 32.9. The molecule has 0 radical (unpaired) electrons. The number of anilines is 2. The molecule has 2 unspecified atom stereocenters. The number of rotatable bonds is 5. The van der Waals surface area contributed by atoms with Crippen molar-refractivity contribution in [2.24, 2.45) is 0 Å². The molecule has 3 amide bonds. The van der Waals surface area contributed by atoms with E-state index in [4.69, 9.17) is 4.74 Å². The number of piperidine rings is 1. The Bertz CT molecular complexity index is 1310. The fourth-order valence-electron chi connectivity index (χ4n) is 5.09. The summed E-state index contributed by atoms with van der Waals surface area (Å²) in [5.74, 6) is 1.39. The Hall–Kier alpha value is -3.56. The van der Waals surface area contributed by atoms with Gasteiger partial charge in [0.25, 0.3) is 0 Å². The van der Waals surface area contributed by atoms with Gasteiger partial charge in [0, 0.05) is 24.3 Å². The number of carbonyl (C=O) groups is 2. The van der Waals surface area contributed by atoms with Crippen molar-refractivity contribution in [2.75, 3.05) is 18.0 Å². The molecule has 9 heteroatoms. The van der Waals surface area contributed by atoms with Crippen LogP contribution in [0.1, 0.15) is 30.0 Å². The first-order valence-corrected chi connectivity index (χ1v) is 13.1. The highest BCUT2D eigenvalue weighted by molar-refractivity contribution is 8.01. The Balaban J connectivity index is 1.27. The Morgan fingerprint density at radius 1 is 1.14 bits per heavy atom. The molecular weight excluding hydrogens is 474 g/mol. The lowest BCUT2D eigenvalue weighted by molar-refractivity contribution is -0.121. The molecule has 8 nitrogen and oxygen atoms in total. The highest BCUT2D eigenvalue weighted by atomic mass is 32.2. The first-order valence-electron chi connectivity index (χ1n) is 12.2. The molecular formula is C27H27N5O3S. The van der Waals surface area contributed by atoms with Crippen LogP contribution in [0.3, 0.4) is 0 Å². The molecule has 0 spiro atoms. The predicted octanol–water partition coefficient (Wildman–Crippen LogP) is 4.43. The van der Waals surface area contributed by atoms with Crippen LogP contribution in [0, 0.1) is 6.92 Å².